The van der Waals surface area contributed by atoms with E-state index in [4.69, 9.17) is 11.1 Å². The van der Waals surface area contributed by atoms with Crippen molar-refractivity contribution in [3.8, 4) is 0 Å². The van der Waals surface area contributed by atoms with Crippen molar-refractivity contribution in [3.05, 3.63) is 29.8 Å². The first-order chi connectivity index (χ1) is 8.58. The van der Waals surface area contributed by atoms with Crippen LogP contribution in [0.5, 0.6) is 0 Å². The third kappa shape index (κ3) is 2.82. The van der Waals surface area contributed by atoms with Gasteiger partial charge in [0.1, 0.15) is 5.84 Å². The fourth-order valence-electron chi connectivity index (χ4n) is 2.53. The second-order valence-corrected chi connectivity index (χ2v) is 5.12. The number of rotatable bonds is 4. The van der Waals surface area contributed by atoms with Crippen LogP contribution in [0.3, 0.4) is 0 Å². The molecule has 0 amide bonds. The summed E-state index contributed by atoms with van der Waals surface area (Å²) in [5, 5.41) is 7.38. The quantitative estimate of drug-likeness (QED) is 0.625. The number of hydrogen-bond acceptors (Lipinski definition) is 3. The molecule has 2 rings (SSSR count). The second-order valence-electron chi connectivity index (χ2n) is 5.12. The molecule has 3 N–H and O–H groups in total. The van der Waals surface area contributed by atoms with Crippen LogP contribution in [0.4, 0.5) is 5.69 Å². The maximum absolute atomic E-state index is 7.38. The molecular weight excluding hydrogens is 224 g/mol. The summed E-state index contributed by atoms with van der Waals surface area (Å²) in [6.45, 7) is 2.26. The Labute approximate surface area is 109 Å². The molecule has 0 aliphatic carbocycles. The number of nitrogens with one attached hydrogen (secondary N) is 1. The molecule has 98 valence electrons. The highest BCUT2D eigenvalue weighted by molar-refractivity contribution is 5.95. The van der Waals surface area contributed by atoms with Crippen molar-refractivity contribution in [1.82, 2.24) is 4.90 Å². The summed E-state index contributed by atoms with van der Waals surface area (Å²) in [7, 11) is 4.32. The van der Waals surface area contributed by atoms with Gasteiger partial charge in [-0.1, -0.05) is 0 Å². The first kappa shape index (κ1) is 12.9. The molecule has 0 bridgehead atoms. The normalized spacial score (nSPS) is 20.0. The summed E-state index contributed by atoms with van der Waals surface area (Å²) in [6, 6.07) is 8.54. The van der Waals surface area contributed by atoms with Gasteiger partial charge in [-0.15, -0.1) is 0 Å². The van der Waals surface area contributed by atoms with Gasteiger partial charge < -0.3 is 15.5 Å². The van der Waals surface area contributed by atoms with Gasteiger partial charge in [0, 0.05) is 30.9 Å². The van der Waals surface area contributed by atoms with Gasteiger partial charge in [-0.3, -0.25) is 5.41 Å². The molecule has 1 aromatic rings. The highest BCUT2D eigenvalue weighted by atomic mass is 15.2. The van der Waals surface area contributed by atoms with E-state index < -0.39 is 0 Å². The molecule has 1 aromatic carbocycles. The monoisotopic (exact) mass is 246 g/mol. The van der Waals surface area contributed by atoms with Crippen molar-refractivity contribution in [3.63, 3.8) is 0 Å². The highest BCUT2D eigenvalue weighted by Gasteiger charge is 2.22. The molecule has 18 heavy (non-hydrogen) atoms. The Morgan fingerprint density at radius 2 is 2.11 bits per heavy atom. The Balaban J connectivity index is 2.00. The molecule has 1 aliphatic heterocycles. The first-order valence-corrected chi connectivity index (χ1v) is 6.44. The number of amidine groups is 1. The molecule has 1 aliphatic rings. The van der Waals surface area contributed by atoms with Gasteiger partial charge in [-0.05, 0) is 50.7 Å². The van der Waals surface area contributed by atoms with Gasteiger partial charge in [0.25, 0.3) is 0 Å². The average Bonchev–Trinajstić information content (AvgIpc) is 2.75. The van der Waals surface area contributed by atoms with Gasteiger partial charge in [-0.2, -0.15) is 0 Å². The predicted molar refractivity (Wildman–Crippen MR) is 76.4 cm³/mol. The Hall–Kier alpha value is -1.55. The number of benzene rings is 1. The molecule has 0 aromatic heterocycles. The maximum atomic E-state index is 7.38. The lowest BCUT2D eigenvalue weighted by Crippen LogP contribution is -2.36. The Morgan fingerprint density at radius 3 is 2.61 bits per heavy atom. The number of nitrogens with zero attached hydrogens (tertiary/aromatic N) is 2. The fraction of sp³-hybridized carbons (Fsp3) is 0.500. The zero-order chi connectivity index (χ0) is 13.1. The molecular formula is C14H22N4. The molecule has 1 heterocycles. The number of likely N-dealkylation sites (tertiary alicyclic amines) is 1. The summed E-state index contributed by atoms with van der Waals surface area (Å²) in [5.41, 5.74) is 7.42. The minimum atomic E-state index is 0.125. The summed E-state index contributed by atoms with van der Waals surface area (Å²) < 4.78 is 0. The largest absolute Gasteiger partial charge is 0.384 e. The van der Waals surface area contributed by atoms with Crippen LogP contribution < -0.4 is 10.6 Å². The lowest BCUT2D eigenvalue weighted by Gasteiger charge is -2.27. The van der Waals surface area contributed by atoms with Crippen LogP contribution in [0.2, 0.25) is 0 Å². The molecule has 0 saturated carbocycles. The maximum Gasteiger partial charge on any atom is 0.122 e. The number of nitrogen functional groups attached to an aromatic ring is 1. The van der Waals surface area contributed by atoms with Crippen LogP contribution >= 0.6 is 0 Å². The van der Waals surface area contributed by atoms with Crippen LogP contribution in [-0.4, -0.2) is 44.0 Å². The minimum absolute atomic E-state index is 0.125. The minimum Gasteiger partial charge on any atom is -0.384 e. The van der Waals surface area contributed by atoms with Gasteiger partial charge in [0.15, 0.2) is 0 Å². The van der Waals surface area contributed by atoms with Gasteiger partial charge in [-0.25, -0.2) is 0 Å². The number of anilines is 1. The van der Waals surface area contributed by atoms with E-state index in [1.807, 2.05) is 24.3 Å². The predicted octanol–water partition coefficient (Wildman–Crippen LogP) is 1.50. The van der Waals surface area contributed by atoms with Crippen LogP contribution in [-0.2, 0) is 0 Å². The second kappa shape index (κ2) is 5.40. The lowest BCUT2D eigenvalue weighted by atomic mass is 10.1. The van der Waals surface area contributed by atoms with E-state index in [0.717, 1.165) is 12.1 Å². The molecule has 1 fully saturated rings. The van der Waals surface area contributed by atoms with Crippen LogP contribution in [0.25, 0.3) is 0 Å². The lowest BCUT2D eigenvalue weighted by molar-refractivity contribution is 0.314. The summed E-state index contributed by atoms with van der Waals surface area (Å²) in [5.74, 6) is 0.125. The van der Waals surface area contributed by atoms with E-state index in [0.29, 0.717) is 6.04 Å². The Morgan fingerprint density at radius 1 is 1.44 bits per heavy atom. The van der Waals surface area contributed by atoms with Gasteiger partial charge in [0.05, 0.1) is 0 Å². The van der Waals surface area contributed by atoms with Crippen LogP contribution in [0.1, 0.15) is 18.4 Å². The van der Waals surface area contributed by atoms with Crippen molar-refractivity contribution in [1.29, 1.82) is 5.41 Å². The van der Waals surface area contributed by atoms with E-state index in [2.05, 4.69) is 23.9 Å². The van der Waals surface area contributed by atoms with Crippen molar-refractivity contribution in [2.75, 3.05) is 32.1 Å². The highest BCUT2D eigenvalue weighted by Crippen LogP contribution is 2.19. The zero-order valence-corrected chi connectivity index (χ0v) is 11.2. The SMILES string of the molecule is CN(CC1CCCN1C)c1ccc(C(=N)N)cc1. The van der Waals surface area contributed by atoms with E-state index in [1.165, 1.54) is 25.1 Å². The standard InChI is InChI=1S/C14H22N4/c1-17-9-3-4-13(17)10-18(2)12-7-5-11(6-8-12)14(15)16/h5-8,13H,3-4,9-10H2,1-2H3,(H3,15,16). The van der Waals surface area contributed by atoms with Crippen molar-refractivity contribution in [2.45, 2.75) is 18.9 Å². The third-order valence-electron chi connectivity index (χ3n) is 3.78. The fourth-order valence-corrected chi connectivity index (χ4v) is 2.53. The summed E-state index contributed by atoms with van der Waals surface area (Å²) >= 11 is 0. The summed E-state index contributed by atoms with van der Waals surface area (Å²) in [6.07, 6.45) is 2.59. The van der Waals surface area contributed by atoms with Gasteiger partial charge >= 0.3 is 0 Å². The average molecular weight is 246 g/mol. The van der Waals surface area contributed by atoms with E-state index >= 15 is 0 Å². The van der Waals surface area contributed by atoms with Crippen molar-refractivity contribution < 1.29 is 0 Å². The van der Waals surface area contributed by atoms with E-state index in [9.17, 15) is 0 Å². The van der Waals surface area contributed by atoms with E-state index in [1.54, 1.807) is 0 Å². The Bertz CT molecular complexity index is 412. The first-order valence-electron chi connectivity index (χ1n) is 6.44. The molecule has 4 heteroatoms. The molecule has 1 unspecified atom stereocenters. The third-order valence-corrected chi connectivity index (χ3v) is 3.78. The number of hydrogen-bond donors (Lipinski definition) is 2. The molecule has 4 nitrogen and oxygen atoms in total. The molecule has 1 atom stereocenters. The van der Waals surface area contributed by atoms with Crippen LogP contribution in [0.15, 0.2) is 24.3 Å². The molecule has 1 saturated heterocycles. The number of nitrogens with two attached hydrogens (primary N) is 1. The van der Waals surface area contributed by atoms with Crippen molar-refractivity contribution in [2.24, 2.45) is 5.73 Å². The summed E-state index contributed by atoms with van der Waals surface area (Å²) in [4.78, 5) is 4.71. The van der Waals surface area contributed by atoms with Gasteiger partial charge in [0.2, 0.25) is 0 Å². The van der Waals surface area contributed by atoms with Crippen LogP contribution in [0, 0.1) is 5.41 Å². The zero-order valence-electron chi connectivity index (χ0n) is 11.2. The topological polar surface area (TPSA) is 56.4 Å². The molecule has 0 radical (unpaired) electrons. The van der Waals surface area contributed by atoms with E-state index in [-0.39, 0.29) is 5.84 Å². The number of likely N-dealkylation sites (N-methyl/N-ethyl adjacent to an activating group) is 2. The Kier molecular flexibility index (Phi) is 3.87. The van der Waals surface area contributed by atoms with Crippen molar-refractivity contribution >= 4 is 11.5 Å². The smallest absolute Gasteiger partial charge is 0.122 e. The molecule has 0 spiro atoms.